The van der Waals surface area contributed by atoms with E-state index in [4.69, 9.17) is 5.73 Å². The molecule has 0 aliphatic carbocycles. The summed E-state index contributed by atoms with van der Waals surface area (Å²) in [6, 6.07) is 3.49. The Bertz CT molecular complexity index is 552. The van der Waals surface area contributed by atoms with Crippen molar-refractivity contribution in [2.24, 2.45) is 5.73 Å². The third kappa shape index (κ3) is 3.59. The van der Waals surface area contributed by atoms with Crippen LogP contribution in [0.2, 0.25) is 0 Å². The highest BCUT2D eigenvalue weighted by molar-refractivity contribution is 7.91. The molecule has 114 valence electrons. The van der Waals surface area contributed by atoms with Crippen molar-refractivity contribution in [1.29, 1.82) is 0 Å². The number of aliphatic hydroxyl groups is 1. The molecular weight excluding hydrogens is 296 g/mol. The summed E-state index contributed by atoms with van der Waals surface area (Å²) in [7, 11) is -3.43. The summed E-state index contributed by atoms with van der Waals surface area (Å²) in [5.41, 5.74) is 4.73. The zero-order chi connectivity index (χ0) is 14.8. The fourth-order valence-electron chi connectivity index (χ4n) is 2.38. The molecule has 0 amide bonds. The molecule has 0 bridgehead atoms. The maximum atomic E-state index is 12.6. The highest BCUT2D eigenvalue weighted by Gasteiger charge is 2.32. The van der Waals surface area contributed by atoms with Gasteiger partial charge in [0.2, 0.25) is 0 Å². The molecule has 1 aromatic heterocycles. The van der Waals surface area contributed by atoms with E-state index in [0.717, 1.165) is 4.88 Å². The van der Waals surface area contributed by atoms with Crippen molar-refractivity contribution in [2.45, 2.75) is 42.4 Å². The van der Waals surface area contributed by atoms with Gasteiger partial charge in [-0.15, -0.1) is 11.3 Å². The maximum absolute atomic E-state index is 12.6. The van der Waals surface area contributed by atoms with Crippen molar-refractivity contribution in [3.8, 4) is 0 Å². The molecule has 1 aliphatic heterocycles. The summed E-state index contributed by atoms with van der Waals surface area (Å²) in [5.74, 6) is 0. The molecular formula is C13H22N2O3S2. The van der Waals surface area contributed by atoms with Crippen LogP contribution in [0.15, 0.2) is 16.3 Å². The molecule has 0 radical (unpaired) electrons. The van der Waals surface area contributed by atoms with E-state index in [0.29, 0.717) is 49.5 Å². The normalized spacial score (nSPS) is 25.6. The lowest BCUT2D eigenvalue weighted by Gasteiger charge is -2.21. The number of rotatable bonds is 4. The molecule has 5 nitrogen and oxygen atoms in total. The topological polar surface area (TPSA) is 83.6 Å². The predicted molar refractivity (Wildman–Crippen MR) is 80.3 cm³/mol. The van der Waals surface area contributed by atoms with Crippen LogP contribution in [-0.4, -0.2) is 43.1 Å². The number of hydrogen-bond acceptors (Lipinski definition) is 5. The van der Waals surface area contributed by atoms with E-state index in [1.807, 2.05) is 6.07 Å². The summed E-state index contributed by atoms with van der Waals surface area (Å²) in [6.45, 7) is 3.14. The fraction of sp³-hybridized carbons (Fsp3) is 0.692. The van der Waals surface area contributed by atoms with Gasteiger partial charge in [-0.1, -0.05) is 0 Å². The molecule has 1 aliphatic rings. The van der Waals surface area contributed by atoms with Gasteiger partial charge in [0.25, 0.3) is 10.0 Å². The van der Waals surface area contributed by atoms with Crippen molar-refractivity contribution >= 4 is 21.4 Å². The fourth-order valence-corrected chi connectivity index (χ4v) is 5.38. The van der Waals surface area contributed by atoms with Gasteiger partial charge >= 0.3 is 0 Å². The van der Waals surface area contributed by atoms with Crippen LogP contribution in [0.1, 0.15) is 31.1 Å². The lowest BCUT2D eigenvalue weighted by molar-refractivity contribution is 0.0465. The van der Waals surface area contributed by atoms with Gasteiger partial charge in [-0.05, 0) is 51.3 Å². The van der Waals surface area contributed by atoms with Crippen LogP contribution in [0.4, 0.5) is 0 Å². The summed E-state index contributed by atoms with van der Waals surface area (Å²) < 4.78 is 27.1. The average Bonchev–Trinajstić information content (AvgIpc) is 2.75. The van der Waals surface area contributed by atoms with E-state index >= 15 is 0 Å². The number of hydrogen-bond donors (Lipinski definition) is 2. The maximum Gasteiger partial charge on any atom is 0.252 e. The quantitative estimate of drug-likeness (QED) is 0.873. The van der Waals surface area contributed by atoms with Crippen LogP contribution >= 0.6 is 11.3 Å². The largest absolute Gasteiger partial charge is 0.390 e. The van der Waals surface area contributed by atoms with Gasteiger partial charge in [0.1, 0.15) is 4.21 Å². The second kappa shape index (κ2) is 6.11. The summed E-state index contributed by atoms with van der Waals surface area (Å²) >= 11 is 1.29. The van der Waals surface area contributed by atoms with Gasteiger partial charge in [-0.2, -0.15) is 4.31 Å². The van der Waals surface area contributed by atoms with E-state index in [-0.39, 0.29) is 0 Å². The van der Waals surface area contributed by atoms with Crippen molar-refractivity contribution in [3.63, 3.8) is 0 Å². The molecule has 20 heavy (non-hydrogen) atoms. The molecule has 0 aromatic carbocycles. The molecule has 3 N–H and O–H groups in total. The number of nitrogens with two attached hydrogens (primary N) is 1. The minimum atomic E-state index is -3.43. The van der Waals surface area contributed by atoms with E-state index in [1.165, 1.54) is 15.6 Å². The summed E-state index contributed by atoms with van der Waals surface area (Å²) in [6.07, 6.45) is 2.51. The van der Waals surface area contributed by atoms with Gasteiger partial charge in [-0.3, -0.25) is 0 Å². The van der Waals surface area contributed by atoms with Crippen LogP contribution in [0.3, 0.4) is 0 Å². The average molecular weight is 318 g/mol. The molecule has 7 heteroatoms. The van der Waals surface area contributed by atoms with Gasteiger partial charge in [0.15, 0.2) is 0 Å². The van der Waals surface area contributed by atoms with Crippen molar-refractivity contribution in [1.82, 2.24) is 4.31 Å². The molecule has 2 rings (SSSR count). The standard InChI is InChI=1S/C13H22N2O3S2/c1-13(16)6-2-9-15(10-7-13)20(17,18)12-4-3-11(19-12)5-8-14/h3-4,16H,2,5-10,14H2,1H3. The minimum absolute atomic E-state index is 0.374. The van der Waals surface area contributed by atoms with Crippen LogP contribution in [0.5, 0.6) is 0 Å². The highest BCUT2D eigenvalue weighted by atomic mass is 32.2. The Balaban J connectivity index is 2.16. The molecule has 1 unspecified atom stereocenters. The summed E-state index contributed by atoms with van der Waals surface area (Å²) in [4.78, 5) is 0.993. The second-order valence-electron chi connectivity index (χ2n) is 5.51. The second-order valence-corrected chi connectivity index (χ2v) is 8.85. The molecule has 1 atom stereocenters. The van der Waals surface area contributed by atoms with Crippen LogP contribution in [-0.2, 0) is 16.4 Å². The zero-order valence-corrected chi connectivity index (χ0v) is 13.3. The third-order valence-corrected chi connectivity index (χ3v) is 7.16. The van der Waals surface area contributed by atoms with Crippen molar-refractivity contribution in [2.75, 3.05) is 19.6 Å². The van der Waals surface area contributed by atoms with Gasteiger partial charge < -0.3 is 10.8 Å². The van der Waals surface area contributed by atoms with Gasteiger partial charge in [-0.25, -0.2) is 8.42 Å². The lowest BCUT2D eigenvalue weighted by atomic mass is 9.98. The molecule has 1 fully saturated rings. The first-order valence-electron chi connectivity index (χ1n) is 6.86. The van der Waals surface area contributed by atoms with Crippen molar-refractivity contribution < 1.29 is 13.5 Å². The molecule has 1 saturated heterocycles. The zero-order valence-electron chi connectivity index (χ0n) is 11.7. The predicted octanol–water partition coefficient (Wildman–Crippen LogP) is 1.17. The molecule has 0 saturated carbocycles. The number of sulfonamides is 1. The molecule has 1 aromatic rings. The smallest absolute Gasteiger partial charge is 0.252 e. The van der Waals surface area contributed by atoms with E-state index < -0.39 is 15.6 Å². The van der Waals surface area contributed by atoms with Crippen LogP contribution in [0.25, 0.3) is 0 Å². The van der Waals surface area contributed by atoms with Crippen LogP contribution in [0, 0.1) is 0 Å². The van der Waals surface area contributed by atoms with Gasteiger partial charge in [0.05, 0.1) is 5.60 Å². The number of thiophene rings is 1. The van der Waals surface area contributed by atoms with E-state index in [1.54, 1.807) is 13.0 Å². The first-order valence-corrected chi connectivity index (χ1v) is 9.12. The minimum Gasteiger partial charge on any atom is -0.390 e. The Hall–Kier alpha value is -0.470. The van der Waals surface area contributed by atoms with Crippen molar-refractivity contribution in [3.05, 3.63) is 17.0 Å². The Morgan fingerprint density at radius 3 is 2.85 bits per heavy atom. The first kappa shape index (κ1) is 15.9. The monoisotopic (exact) mass is 318 g/mol. The Labute approximate surface area is 124 Å². The van der Waals surface area contributed by atoms with E-state index in [2.05, 4.69) is 0 Å². The molecule has 2 heterocycles. The Kier molecular flexibility index (Phi) is 4.86. The SMILES string of the molecule is CC1(O)CCCN(S(=O)(=O)c2ccc(CCN)s2)CC1. The Morgan fingerprint density at radius 1 is 1.40 bits per heavy atom. The molecule has 0 spiro atoms. The van der Waals surface area contributed by atoms with E-state index in [9.17, 15) is 13.5 Å². The number of nitrogens with zero attached hydrogens (tertiary/aromatic N) is 1. The lowest BCUT2D eigenvalue weighted by Crippen LogP contribution is -2.33. The first-order chi connectivity index (χ1) is 9.35. The third-order valence-electron chi connectivity index (χ3n) is 3.64. The van der Waals surface area contributed by atoms with Crippen LogP contribution < -0.4 is 5.73 Å². The van der Waals surface area contributed by atoms with Gasteiger partial charge in [0, 0.05) is 18.0 Å². The highest BCUT2D eigenvalue weighted by Crippen LogP contribution is 2.29. The Morgan fingerprint density at radius 2 is 2.15 bits per heavy atom. The summed E-state index contributed by atoms with van der Waals surface area (Å²) in [5, 5.41) is 10.0.